The van der Waals surface area contributed by atoms with Crippen molar-refractivity contribution < 1.29 is 18.8 Å². The van der Waals surface area contributed by atoms with E-state index in [1.54, 1.807) is 11.0 Å². The summed E-state index contributed by atoms with van der Waals surface area (Å²) in [7, 11) is 1.82. The minimum atomic E-state index is -0.581. The number of likely N-dealkylation sites (N-methyl/N-ethyl adjacent to an activating group) is 1. The first-order valence-corrected chi connectivity index (χ1v) is 13.8. The number of piperidine rings is 1. The van der Waals surface area contributed by atoms with E-state index in [-0.39, 0.29) is 29.7 Å². The molecular formula is C30H38FN5O3. The fraction of sp³-hybridized carbons (Fsp3) is 0.500. The number of fused-ring (bicyclic) bond motifs is 1. The molecule has 0 bridgehead atoms. The number of nitrogens with zero attached hydrogens (tertiary/aromatic N) is 3. The summed E-state index contributed by atoms with van der Waals surface area (Å²) in [5, 5.41) is 3.26. The molecule has 2 saturated heterocycles. The number of nitrogens with two attached hydrogens (primary N) is 1. The highest BCUT2D eigenvalue weighted by Crippen LogP contribution is 2.43. The minimum Gasteiger partial charge on any atom is -0.351 e. The fourth-order valence-corrected chi connectivity index (χ4v) is 6.84. The second kappa shape index (κ2) is 10.6. The molecule has 2 unspecified atom stereocenters. The molecule has 3 heterocycles. The number of carbonyl (C=O) groups is 3. The van der Waals surface area contributed by atoms with Gasteiger partial charge in [-0.3, -0.25) is 9.59 Å². The fourth-order valence-electron chi connectivity index (χ4n) is 6.84. The Labute approximate surface area is 229 Å². The van der Waals surface area contributed by atoms with Crippen molar-refractivity contribution in [2.24, 2.45) is 11.7 Å². The van der Waals surface area contributed by atoms with E-state index in [0.29, 0.717) is 50.9 Å². The molecule has 208 valence electrons. The number of anilines is 1. The van der Waals surface area contributed by atoms with Crippen LogP contribution in [-0.2, 0) is 21.4 Å². The summed E-state index contributed by atoms with van der Waals surface area (Å²) in [5.41, 5.74) is 7.86. The molecule has 3 aliphatic rings. The maximum absolute atomic E-state index is 14.1. The van der Waals surface area contributed by atoms with Gasteiger partial charge in [-0.2, -0.15) is 0 Å². The molecule has 8 nitrogen and oxygen atoms in total. The monoisotopic (exact) mass is 535 g/mol. The summed E-state index contributed by atoms with van der Waals surface area (Å²) in [6, 6.07) is 13.1. The SMILES string of the molecule is CNC1CCN(C(N)=O)C1[C@H](Cc1cccc(F)c1)C(=O)N1CCC(N2C(=O)C(C)(C)c3ccccc32)CC1. The number of likely N-dealkylation sites (tertiary alicyclic amines) is 2. The molecule has 0 radical (unpaired) electrons. The van der Waals surface area contributed by atoms with E-state index < -0.39 is 23.4 Å². The van der Waals surface area contributed by atoms with Gasteiger partial charge in [-0.1, -0.05) is 30.3 Å². The van der Waals surface area contributed by atoms with Gasteiger partial charge in [0.25, 0.3) is 0 Å². The van der Waals surface area contributed by atoms with Crippen LogP contribution in [0.3, 0.4) is 0 Å². The predicted octanol–water partition coefficient (Wildman–Crippen LogP) is 3.04. The van der Waals surface area contributed by atoms with Gasteiger partial charge in [-0.15, -0.1) is 0 Å². The zero-order valence-corrected chi connectivity index (χ0v) is 22.9. The van der Waals surface area contributed by atoms with Crippen molar-refractivity contribution in [1.29, 1.82) is 0 Å². The number of hydrogen-bond donors (Lipinski definition) is 2. The van der Waals surface area contributed by atoms with Gasteiger partial charge in [0.1, 0.15) is 5.82 Å². The number of benzene rings is 2. The second-order valence-electron chi connectivity index (χ2n) is 11.5. The zero-order valence-electron chi connectivity index (χ0n) is 22.9. The van der Waals surface area contributed by atoms with E-state index >= 15 is 0 Å². The number of halogens is 1. The number of rotatable bonds is 6. The molecule has 0 aliphatic carbocycles. The number of urea groups is 1. The molecule has 5 rings (SSSR count). The summed E-state index contributed by atoms with van der Waals surface area (Å²) in [6.07, 6.45) is 2.31. The van der Waals surface area contributed by atoms with Crippen molar-refractivity contribution in [2.45, 2.75) is 63.1 Å². The highest BCUT2D eigenvalue weighted by atomic mass is 19.1. The smallest absolute Gasteiger partial charge is 0.315 e. The van der Waals surface area contributed by atoms with Crippen LogP contribution < -0.4 is 16.0 Å². The molecule has 9 heteroatoms. The van der Waals surface area contributed by atoms with E-state index in [2.05, 4.69) is 5.32 Å². The van der Waals surface area contributed by atoms with E-state index in [0.717, 1.165) is 11.3 Å². The summed E-state index contributed by atoms with van der Waals surface area (Å²) in [6.45, 7) is 5.40. The topological polar surface area (TPSA) is 99.0 Å². The van der Waals surface area contributed by atoms with E-state index in [9.17, 15) is 18.8 Å². The molecule has 0 saturated carbocycles. The van der Waals surface area contributed by atoms with Crippen LogP contribution in [0.1, 0.15) is 44.2 Å². The van der Waals surface area contributed by atoms with Gasteiger partial charge in [-0.25, -0.2) is 9.18 Å². The first kappa shape index (κ1) is 27.1. The number of para-hydroxylation sites is 1. The molecule has 3 N–H and O–H groups in total. The average molecular weight is 536 g/mol. The lowest BCUT2D eigenvalue weighted by atomic mass is 9.86. The Morgan fingerprint density at radius 1 is 1.08 bits per heavy atom. The molecule has 3 atom stereocenters. The van der Waals surface area contributed by atoms with Gasteiger partial charge in [0.05, 0.1) is 17.4 Å². The highest BCUT2D eigenvalue weighted by molar-refractivity contribution is 6.08. The van der Waals surface area contributed by atoms with Crippen LogP contribution in [-0.4, -0.2) is 72.5 Å². The normalized spacial score (nSPS) is 23.7. The third kappa shape index (κ3) is 4.88. The Balaban J connectivity index is 1.37. The van der Waals surface area contributed by atoms with Crippen LogP contribution in [0.2, 0.25) is 0 Å². The van der Waals surface area contributed by atoms with E-state index in [1.165, 1.54) is 12.1 Å². The van der Waals surface area contributed by atoms with Crippen molar-refractivity contribution in [2.75, 3.05) is 31.6 Å². The molecule has 0 spiro atoms. The Kier molecular flexibility index (Phi) is 7.37. The lowest BCUT2D eigenvalue weighted by molar-refractivity contribution is -0.138. The van der Waals surface area contributed by atoms with E-state index in [1.807, 2.05) is 61.0 Å². The summed E-state index contributed by atoms with van der Waals surface area (Å²) >= 11 is 0. The van der Waals surface area contributed by atoms with Crippen molar-refractivity contribution in [3.05, 3.63) is 65.5 Å². The zero-order chi connectivity index (χ0) is 27.9. The highest BCUT2D eigenvalue weighted by Gasteiger charge is 2.48. The molecule has 3 aliphatic heterocycles. The third-order valence-corrected chi connectivity index (χ3v) is 8.91. The second-order valence-corrected chi connectivity index (χ2v) is 11.5. The lowest BCUT2D eigenvalue weighted by Gasteiger charge is -2.41. The maximum Gasteiger partial charge on any atom is 0.315 e. The van der Waals surface area contributed by atoms with Crippen molar-refractivity contribution >= 4 is 23.5 Å². The Bertz CT molecular complexity index is 1260. The van der Waals surface area contributed by atoms with Crippen molar-refractivity contribution in [3.8, 4) is 0 Å². The summed E-state index contributed by atoms with van der Waals surface area (Å²) in [5.74, 6) is -0.910. The average Bonchev–Trinajstić information content (AvgIpc) is 3.44. The van der Waals surface area contributed by atoms with Gasteiger partial charge in [0, 0.05) is 37.4 Å². The van der Waals surface area contributed by atoms with Crippen LogP contribution in [0.25, 0.3) is 0 Å². The molecule has 2 aromatic rings. The third-order valence-electron chi connectivity index (χ3n) is 8.91. The van der Waals surface area contributed by atoms with Crippen LogP contribution >= 0.6 is 0 Å². The Morgan fingerprint density at radius 2 is 1.79 bits per heavy atom. The van der Waals surface area contributed by atoms with Crippen LogP contribution in [0.15, 0.2) is 48.5 Å². The number of hydrogen-bond acceptors (Lipinski definition) is 4. The first-order chi connectivity index (χ1) is 18.6. The van der Waals surface area contributed by atoms with Gasteiger partial charge in [0.2, 0.25) is 11.8 Å². The largest absolute Gasteiger partial charge is 0.351 e. The van der Waals surface area contributed by atoms with E-state index in [4.69, 9.17) is 5.73 Å². The summed E-state index contributed by atoms with van der Waals surface area (Å²) < 4.78 is 14.1. The van der Waals surface area contributed by atoms with Gasteiger partial charge >= 0.3 is 6.03 Å². The molecule has 2 aromatic carbocycles. The Morgan fingerprint density at radius 3 is 2.46 bits per heavy atom. The number of amides is 4. The number of primary amides is 1. The van der Waals surface area contributed by atoms with Crippen LogP contribution in [0.5, 0.6) is 0 Å². The number of nitrogens with one attached hydrogen (secondary N) is 1. The van der Waals surface area contributed by atoms with Gasteiger partial charge in [-0.05, 0) is 75.9 Å². The quantitative estimate of drug-likeness (QED) is 0.594. The maximum atomic E-state index is 14.1. The van der Waals surface area contributed by atoms with Gasteiger partial charge in [0.15, 0.2) is 0 Å². The molecule has 39 heavy (non-hydrogen) atoms. The van der Waals surface area contributed by atoms with Crippen molar-refractivity contribution in [3.63, 3.8) is 0 Å². The number of carbonyl (C=O) groups excluding carboxylic acids is 3. The molecule has 0 aromatic heterocycles. The van der Waals surface area contributed by atoms with Crippen LogP contribution in [0, 0.1) is 11.7 Å². The first-order valence-electron chi connectivity index (χ1n) is 13.8. The predicted molar refractivity (Wildman–Crippen MR) is 148 cm³/mol. The molecule has 4 amide bonds. The molecule has 2 fully saturated rings. The minimum absolute atomic E-state index is 0.00444. The van der Waals surface area contributed by atoms with Crippen molar-refractivity contribution in [1.82, 2.24) is 15.1 Å². The summed E-state index contributed by atoms with van der Waals surface area (Å²) in [4.78, 5) is 45.3. The van der Waals surface area contributed by atoms with Crippen LogP contribution in [0.4, 0.5) is 14.9 Å². The van der Waals surface area contributed by atoms with Gasteiger partial charge < -0.3 is 25.8 Å². The standard InChI is InChI=1S/C30H38FN5O3/c1-30(2)23-9-4-5-10-25(23)36(28(30)38)21-11-14-34(15-12-21)27(37)22(18-19-7-6-8-20(31)17-19)26-24(33-3)13-16-35(26)29(32)39/h4-10,17,21-22,24,26,33H,11-16,18H2,1-3H3,(H2,32,39)/t22-,24?,26?/m0/s1. The molecular weight excluding hydrogens is 497 g/mol. The lowest BCUT2D eigenvalue weighted by Crippen LogP contribution is -2.57. The Hall–Kier alpha value is -3.46.